The molecule has 2 aromatic carbocycles. The molecule has 10 heteroatoms. The zero-order chi connectivity index (χ0) is 21.4. The van der Waals surface area contributed by atoms with Crippen molar-refractivity contribution in [3.05, 3.63) is 58.1 Å². The first-order chi connectivity index (χ1) is 13.7. The van der Waals surface area contributed by atoms with E-state index >= 15 is 0 Å². The highest BCUT2D eigenvalue weighted by atomic mass is 35.5. The molecule has 0 aliphatic heterocycles. The van der Waals surface area contributed by atoms with Crippen LogP contribution in [0.4, 0.5) is 5.69 Å². The van der Waals surface area contributed by atoms with E-state index in [4.69, 9.17) is 27.9 Å². The molecule has 1 N–H and O–H groups in total. The average molecular weight is 477 g/mol. The van der Waals surface area contributed by atoms with E-state index < -0.39 is 15.9 Å². The van der Waals surface area contributed by atoms with Crippen LogP contribution in [0.5, 0.6) is 5.75 Å². The smallest absolute Gasteiger partial charge is 0.240 e. The van der Waals surface area contributed by atoms with Crippen molar-refractivity contribution in [2.24, 2.45) is 0 Å². The van der Waals surface area contributed by atoms with Crippen molar-refractivity contribution < 1.29 is 17.9 Å². The van der Waals surface area contributed by atoms with Crippen LogP contribution in [0, 0.1) is 0 Å². The van der Waals surface area contributed by atoms with Gasteiger partial charge < -0.3 is 10.1 Å². The van der Waals surface area contributed by atoms with Crippen LogP contribution in [0.25, 0.3) is 0 Å². The Hall–Kier alpha value is -1.61. The number of benzene rings is 2. The minimum Gasteiger partial charge on any atom is -0.495 e. The summed E-state index contributed by atoms with van der Waals surface area (Å²) < 4.78 is 30.6. The molecule has 2 aromatic rings. The SMILES string of the molecule is COc1ccccc1N(CC(=O)NCCSCc1c(Cl)cccc1Cl)S(C)(=O)=O. The molecule has 0 atom stereocenters. The van der Waals surface area contributed by atoms with Crippen molar-refractivity contribution in [3.8, 4) is 5.75 Å². The fraction of sp³-hybridized carbons (Fsp3) is 0.316. The van der Waals surface area contributed by atoms with E-state index in [2.05, 4.69) is 5.32 Å². The van der Waals surface area contributed by atoms with Crippen molar-refractivity contribution in [3.63, 3.8) is 0 Å². The second kappa shape index (κ2) is 11.0. The number of ether oxygens (including phenoxy) is 1. The summed E-state index contributed by atoms with van der Waals surface area (Å²) in [6.45, 7) is 0.0509. The number of halogens is 2. The largest absolute Gasteiger partial charge is 0.495 e. The Morgan fingerprint density at radius 1 is 1.14 bits per heavy atom. The van der Waals surface area contributed by atoms with Gasteiger partial charge in [-0.1, -0.05) is 41.4 Å². The molecular weight excluding hydrogens is 455 g/mol. The molecule has 0 saturated carbocycles. The third-order valence-corrected chi connectivity index (χ3v) is 6.74. The van der Waals surface area contributed by atoms with Gasteiger partial charge >= 0.3 is 0 Å². The molecule has 158 valence electrons. The monoisotopic (exact) mass is 476 g/mol. The predicted molar refractivity (Wildman–Crippen MR) is 121 cm³/mol. The molecule has 0 saturated heterocycles. The quantitative estimate of drug-likeness (QED) is 0.527. The van der Waals surface area contributed by atoms with Crippen molar-refractivity contribution in [2.75, 3.05) is 36.5 Å². The summed E-state index contributed by atoms with van der Waals surface area (Å²) >= 11 is 13.8. The van der Waals surface area contributed by atoms with Crippen molar-refractivity contribution >= 4 is 56.6 Å². The van der Waals surface area contributed by atoms with Gasteiger partial charge in [0, 0.05) is 28.1 Å². The van der Waals surface area contributed by atoms with Crippen LogP contribution >= 0.6 is 35.0 Å². The van der Waals surface area contributed by atoms with Crippen LogP contribution in [0.3, 0.4) is 0 Å². The lowest BCUT2D eigenvalue weighted by Gasteiger charge is -2.23. The molecule has 0 bridgehead atoms. The van der Waals surface area contributed by atoms with Gasteiger partial charge in [-0.05, 0) is 29.8 Å². The second-order valence-corrected chi connectivity index (χ2v) is 9.87. The minimum absolute atomic E-state index is 0.315. The molecule has 0 aliphatic rings. The molecule has 2 rings (SSSR count). The van der Waals surface area contributed by atoms with Crippen molar-refractivity contribution in [2.45, 2.75) is 5.75 Å². The molecule has 0 aromatic heterocycles. The van der Waals surface area contributed by atoms with Gasteiger partial charge in [-0.15, -0.1) is 0 Å². The number of thioether (sulfide) groups is 1. The van der Waals surface area contributed by atoms with Gasteiger partial charge in [0.25, 0.3) is 0 Å². The lowest BCUT2D eigenvalue weighted by molar-refractivity contribution is -0.119. The Morgan fingerprint density at radius 3 is 2.41 bits per heavy atom. The number of sulfonamides is 1. The van der Waals surface area contributed by atoms with Crippen molar-refractivity contribution in [1.29, 1.82) is 0 Å². The topological polar surface area (TPSA) is 75.7 Å². The molecule has 29 heavy (non-hydrogen) atoms. The lowest BCUT2D eigenvalue weighted by Crippen LogP contribution is -2.41. The van der Waals surface area contributed by atoms with E-state index in [1.165, 1.54) is 7.11 Å². The maximum absolute atomic E-state index is 12.3. The van der Waals surface area contributed by atoms with E-state index in [0.717, 1.165) is 16.1 Å². The maximum atomic E-state index is 12.3. The zero-order valence-electron chi connectivity index (χ0n) is 16.0. The van der Waals surface area contributed by atoms with Crippen LogP contribution in [-0.2, 0) is 20.6 Å². The fourth-order valence-electron chi connectivity index (χ4n) is 2.51. The van der Waals surface area contributed by atoms with E-state index in [0.29, 0.717) is 39.5 Å². The molecule has 1 amide bonds. The van der Waals surface area contributed by atoms with E-state index in [1.54, 1.807) is 54.2 Å². The van der Waals surface area contributed by atoms with Crippen LogP contribution < -0.4 is 14.4 Å². The van der Waals surface area contributed by atoms with Crippen LogP contribution in [0.15, 0.2) is 42.5 Å². The van der Waals surface area contributed by atoms with Gasteiger partial charge in [0.1, 0.15) is 12.3 Å². The highest BCUT2D eigenvalue weighted by Gasteiger charge is 2.23. The van der Waals surface area contributed by atoms with Crippen LogP contribution in [-0.4, -0.2) is 46.5 Å². The van der Waals surface area contributed by atoms with Crippen LogP contribution in [0.2, 0.25) is 10.0 Å². The maximum Gasteiger partial charge on any atom is 0.240 e. The van der Waals surface area contributed by atoms with Crippen LogP contribution in [0.1, 0.15) is 5.56 Å². The second-order valence-electron chi connectivity index (χ2n) is 6.04. The number of hydrogen-bond acceptors (Lipinski definition) is 5. The normalized spacial score (nSPS) is 11.2. The number of nitrogens with one attached hydrogen (secondary N) is 1. The highest BCUT2D eigenvalue weighted by Crippen LogP contribution is 2.29. The van der Waals surface area contributed by atoms with Gasteiger partial charge in [-0.25, -0.2) is 8.42 Å². The summed E-state index contributed by atoms with van der Waals surface area (Å²) in [5.41, 5.74) is 1.17. The fourth-order valence-corrected chi connectivity index (χ4v) is 4.97. The number of amides is 1. The molecule has 0 unspecified atom stereocenters. The molecular formula is C19H22Cl2N2O4S2. The number of methoxy groups -OCH3 is 1. The number of rotatable bonds is 10. The van der Waals surface area contributed by atoms with E-state index in [-0.39, 0.29) is 6.54 Å². The number of anilines is 1. The Labute approximate surface area is 185 Å². The first-order valence-electron chi connectivity index (χ1n) is 8.62. The molecule has 0 radical (unpaired) electrons. The summed E-state index contributed by atoms with van der Waals surface area (Å²) in [7, 11) is -2.22. The Bertz CT molecular complexity index is 935. The summed E-state index contributed by atoms with van der Waals surface area (Å²) in [6.07, 6.45) is 1.05. The Morgan fingerprint density at radius 2 is 1.79 bits per heavy atom. The third kappa shape index (κ3) is 6.99. The van der Waals surface area contributed by atoms with Gasteiger partial charge in [0.15, 0.2) is 0 Å². The van der Waals surface area contributed by atoms with E-state index in [9.17, 15) is 13.2 Å². The summed E-state index contributed by atoms with van der Waals surface area (Å²) in [5, 5.41) is 3.95. The summed E-state index contributed by atoms with van der Waals surface area (Å²) in [6, 6.07) is 12.0. The van der Waals surface area contributed by atoms with Gasteiger partial charge in [-0.3, -0.25) is 9.10 Å². The Balaban J connectivity index is 1.89. The molecule has 0 aliphatic carbocycles. The van der Waals surface area contributed by atoms with Gasteiger partial charge in [0.05, 0.1) is 19.1 Å². The minimum atomic E-state index is -3.67. The highest BCUT2D eigenvalue weighted by molar-refractivity contribution is 7.98. The van der Waals surface area contributed by atoms with Gasteiger partial charge in [0.2, 0.25) is 15.9 Å². The third-order valence-electron chi connectivity index (χ3n) is 3.92. The number of carbonyl (C=O) groups excluding carboxylic acids is 1. The standard InChI is InChI=1S/C19H22Cl2N2O4S2/c1-27-18-9-4-3-8-17(18)23(29(2,25)26)12-19(24)22-10-11-28-13-14-15(20)6-5-7-16(14)21/h3-9H,10-13H2,1-2H3,(H,22,24). The zero-order valence-corrected chi connectivity index (χ0v) is 19.2. The van der Waals surface area contributed by atoms with Crippen molar-refractivity contribution in [1.82, 2.24) is 5.32 Å². The first-order valence-corrected chi connectivity index (χ1v) is 12.4. The molecule has 0 heterocycles. The first kappa shape index (κ1) is 23.7. The number of carbonyl (C=O) groups is 1. The molecule has 6 nitrogen and oxygen atoms in total. The number of para-hydroxylation sites is 2. The number of nitrogens with zero attached hydrogens (tertiary/aromatic N) is 1. The summed E-state index contributed by atoms with van der Waals surface area (Å²) in [4.78, 5) is 12.3. The molecule has 0 spiro atoms. The number of hydrogen-bond donors (Lipinski definition) is 1. The molecule has 0 fully saturated rings. The lowest BCUT2D eigenvalue weighted by atomic mass is 10.2. The average Bonchev–Trinajstić information content (AvgIpc) is 2.67. The van der Waals surface area contributed by atoms with Gasteiger partial charge in [-0.2, -0.15) is 11.8 Å². The summed E-state index contributed by atoms with van der Waals surface area (Å²) in [5.74, 6) is 1.21. The predicted octanol–water partition coefficient (Wildman–Crippen LogP) is 3.82. The Kier molecular flexibility index (Phi) is 8.95. The van der Waals surface area contributed by atoms with E-state index in [1.807, 2.05) is 0 Å².